The number of rotatable bonds is 3. The summed E-state index contributed by atoms with van der Waals surface area (Å²) in [5, 5.41) is 2.91. The molecule has 1 amide bonds. The standard InChI is InChI=1S/C15H23N3O/c1-11-5-3-4-6-13(11)15(12(2)16)18-9-7-14(19)17-8-10-18/h3-6,12,15H,7-10,16H2,1-2H3,(H,17,19). The van der Waals surface area contributed by atoms with Crippen molar-refractivity contribution in [3.63, 3.8) is 0 Å². The average Bonchev–Trinajstić information content (AvgIpc) is 2.57. The molecule has 3 N–H and O–H groups in total. The predicted molar refractivity (Wildman–Crippen MR) is 76.8 cm³/mol. The first kappa shape index (κ1) is 14.0. The molecule has 1 aromatic rings. The van der Waals surface area contributed by atoms with Crippen molar-refractivity contribution in [2.75, 3.05) is 19.6 Å². The van der Waals surface area contributed by atoms with Crippen molar-refractivity contribution in [3.05, 3.63) is 35.4 Å². The quantitative estimate of drug-likeness (QED) is 0.859. The lowest BCUT2D eigenvalue weighted by Gasteiger charge is -2.34. The fourth-order valence-corrected chi connectivity index (χ4v) is 2.79. The monoisotopic (exact) mass is 261 g/mol. The minimum absolute atomic E-state index is 0.0364. The maximum absolute atomic E-state index is 11.5. The highest BCUT2D eigenvalue weighted by Gasteiger charge is 2.26. The maximum Gasteiger partial charge on any atom is 0.221 e. The average molecular weight is 261 g/mol. The zero-order valence-corrected chi connectivity index (χ0v) is 11.7. The fourth-order valence-electron chi connectivity index (χ4n) is 2.79. The van der Waals surface area contributed by atoms with Gasteiger partial charge >= 0.3 is 0 Å². The van der Waals surface area contributed by atoms with E-state index in [1.807, 2.05) is 13.0 Å². The summed E-state index contributed by atoms with van der Waals surface area (Å²) in [6, 6.07) is 8.57. The van der Waals surface area contributed by atoms with E-state index in [1.165, 1.54) is 11.1 Å². The molecule has 1 aliphatic rings. The molecule has 1 fully saturated rings. The first-order valence-corrected chi connectivity index (χ1v) is 6.91. The van der Waals surface area contributed by atoms with Crippen molar-refractivity contribution in [2.24, 2.45) is 5.73 Å². The van der Waals surface area contributed by atoms with Crippen molar-refractivity contribution in [3.8, 4) is 0 Å². The van der Waals surface area contributed by atoms with Gasteiger partial charge in [0.25, 0.3) is 0 Å². The molecular formula is C15H23N3O. The van der Waals surface area contributed by atoms with E-state index < -0.39 is 0 Å². The van der Waals surface area contributed by atoms with Crippen molar-refractivity contribution in [2.45, 2.75) is 32.4 Å². The van der Waals surface area contributed by atoms with Gasteiger partial charge in [-0.25, -0.2) is 0 Å². The highest BCUT2D eigenvalue weighted by molar-refractivity contribution is 5.76. The Kier molecular flexibility index (Phi) is 4.56. The van der Waals surface area contributed by atoms with Crippen LogP contribution in [0.1, 0.15) is 30.5 Å². The summed E-state index contributed by atoms with van der Waals surface area (Å²) >= 11 is 0. The molecule has 104 valence electrons. The Bertz CT molecular complexity index is 445. The molecule has 4 nitrogen and oxygen atoms in total. The van der Waals surface area contributed by atoms with Crippen LogP contribution in [-0.4, -0.2) is 36.5 Å². The number of hydrogen-bond acceptors (Lipinski definition) is 3. The lowest BCUT2D eigenvalue weighted by Crippen LogP contribution is -2.41. The Labute approximate surface area is 115 Å². The van der Waals surface area contributed by atoms with E-state index in [1.54, 1.807) is 0 Å². The Morgan fingerprint density at radius 1 is 1.32 bits per heavy atom. The van der Waals surface area contributed by atoms with E-state index in [9.17, 15) is 4.79 Å². The van der Waals surface area contributed by atoms with Crippen LogP contribution < -0.4 is 11.1 Å². The number of carbonyl (C=O) groups is 1. The topological polar surface area (TPSA) is 58.4 Å². The number of carbonyl (C=O) groups excluding carboxylic acids is 1. The van der Waals surface area contributed by atoms with Gasteiger partial charge in [-0.1, -0.05) is 24.3 Å². The molecule has 1 aliphatic heterocycles. The molecule has 0 aliphatic carbocycles. The molecule has 0 saturated carbocycles. The molecule has 1 heterocycles. The Balaban J connectivity index is 2.25. The molecule has 2 atom stereocenters. The highest BCUT2D eigenvalue weighted by atomic mass is 16.1. The van der Waals surface area contributed by atoms with Gasteiger partial charge in [0.1, 0.15) is 0 Å². The second kappa shape index (κ2) is 6.17. The summed E-state index contributed by atoms with van der Waals surface area (Å²) in [5.74, 6) is 0.135. The molecule has 4 heteroatoms. The summed E-state index contributed by atoms with van der Waals surface area (Å²) in [5.41, 5.74) is 8.74. The number of nitrogens with two attached hydrogens (primary N) is 1. The fraction of sp³-hybridized carbons (Fsp3) is 0.533. The summed E-state index contributed by atoms with van der Waals surface area (Å²) in [6.45, 7) is 6.48. The largest absolute Gasteiger partial charge is 0.355 e. The SMILES string of the molecule is Cc1ccccc1C(C(C)N)N1CCNC(=O)CC1. The molecular weight excluding hydrogens is 238 g/mol. The molecule has 2 unspecified atom stereocenters. The number of benzene rings is 1. The van der Waals surface area contributed by atoms with Crippen molar-refractivity contribution in [1.82, 2.24) is 10.2 Å². The summed E-state index contributed by atoms with van der Waals surface area (Å²) < 4.78 is 0. The van der Waals surface area contributed by atoms with Gasteiger partial charge in [-0.2, -0.15) is 0 Å². The highest BCUT2D eigenvalue weighted by Crippen LogP contribution is 2.26. The molecule has 0 aromatic heterocycles. The second-order valence-corrected chi connectivity index (χ2v) is 5.30. The van der Waals surface area contributed by atoms with E-state index >= 15 is 0 Å². The van der Waals surface area contributed by atoms with Crippen LogP contribution in [0.25, 0.3) is 0 Å². The first-order valence-electron chi connectivity index (χ1n) is 6.91. The smallest absolute Gasteiger partial charge is 0.221 e. The van der Waals surface area contributed by atoms with Crippen LogP contribution in [0.4, 0.5) is 0 Å². The number of amides is 1. The number of nitrogens with one attached hydrogen (secondary N) is 1. The van der Waals surface area contributed by atoms with Gasteiger partial charge in [0.05, 0.1) is 0 Å². The van der Waals surface area contributed by atoms with Gasteiger partial charge in [-0.15, -0.1) is 0 Å². The lowest BCUT2D eigenvalue weighted by atomic mass is 9.95. The summed E-state index contributed by atoms with van der Waals surface area (Å²) in [6.07, 6.45) is 0.551. The van der Waals surface area contributed by atoms with Crippen LogP contribution in [0.2, 0.25) is 0 Å². The van der Waals surface area contributed by atoms with Crippen LogP contribution in [0.5, 0.6) is 0 Å². The van der Waals surface area contributed by atoms with E-state index in [2.05, 4.69) is 35.3 Å². The molecule has 1 aromatic carbocycles. The number of hydrogen-bond donors (Lipinski definition) is 2. The predicted octanol–water partition coefficient (Wildman–Crippen LogP) is 1.21. The van der Waals surface area contributed by atoms with Crippen molar-refractivity contribution < 1.29 is 4.79 Å². The maximum atomic E-state index is 11.5. The number of nitrogens with zero attached hydrogens (tertiary/aromatic N) is 1. The molecule has 0 spiro atoms. The minimum Gasteiger partial charge on any atom is -0.355 e. The van der Waals surface area contributed by atoms with E-state index in [-0.39, 0.29) is 18.0 Å². The Morgan fingerprint density at radius 3 is 2.74 bits per heavy atom. The normalized spacial score (nSPS) is 20.5. The molecule has 1 saturated heterocycles. The first-order chi connectivity index (χ1) is 9.09. The van der Waals surface area contributed by atoms with Crippen LogP contribution in [0, 0.1) is 6.92 Å². The molecule has 0 radical (unpaired) electrons. The zero-order chi connectivity index (χ0) is 13.8. The lowest BCUT2D eigenvalue weighted by molar-refractivity contribution is -0.120. The molecule has 19 heavy (non-hydrogen) atoms. The van der Waals surface area contributed by atoms with Gasteiger partial charge in [-0.3, -0.25) is 9.69 Å². The summed E-state index contributed by atoms with van der Waals surface area (Å²) in [7, 11) is 0. The van der Waals surface area contributed by atoms with Gasteiger partial charge in [-0.05, 0) is 25.0 Å². The number of aryl methyl sites for hydroxylation is 1. The minimum atomic E-state index is 0.0364. The third-order valence-corrected chi connectivity index (χ3v) is 3.75. The Morgan fingerprint density at radius 2 is 2.05 bits per heavy atom. The van der Waals surface area contributed by atoms with Gasteiger partial charge in [0, 0.05) is 38.1 Å². The van der Waals surface area contributed by atoms with Crippen LogP contribution in [0.15, 0.2) is 24.3 Å². The van der Waals surface area contributed by atoms with Crippen molar-refractivity contribution in [1.29, 1.82) is 0 Å². The van der Waals surface area contributed by atoms with E-state index in [0.717, 1.165) is 13.1 Å². The van der Waals surface area contributed by atoms with Crippen LogP contribution in [-0.2, 0) is 4.79 Å². The molecule has 0 bridgehead atoms. The molecule has 2 rings (SSSR count). The summed E-state index contributed by atoms with van der Waals surface area (Å²) in [4.78, 5) is 13.8. The van der Waals surface area contributed by atoms with E-state index in [0.29, 0.717) is 13.0 Å². The zero-order valence-electron chi connectivity index (χ0n) is 11.7. The van der Waals surface area contributed by atoms with Gasteiger partial charge in [0.15, 0.2) is 0 Å². The Hall–Kier alpha value is -1.39. The van der Waals surface area contributed by atoms with Crippen LogP contribution in [0.3, 0.4) is 0 Å². The van der Waals surface area contributed by atoms with E-state index in [4.69, 9.17) is 5.73 Å². The van der Waals surface area contributed by atoms with Crippen LogP contribution >= 0.6 is 0 Å². The third kappa shape index (κ3) is 3.33. The third-order valence-electron chi connectivity index (χ3n) is 3.75. The second-order valence-electron chi connectivity index (χ2n) is 5.30. The van der Waals surface area contributed by atoms with Crippen molar-refractivity contribution >= 4 is 5.91 Å². The van der Waals surface area contributed by atoms with Gasteiger partial charge < -0.3 is 11.1 Å². The van der Waals surface area contributed by atoms with Gasteiger partial charge in [0.2, 0.25) is 5.91 Å².